The van der Waals surface area contributed by atoms with Crippen LogP contribution < -0.4 is 0 Å². The molecule has 1 N–H and O–H groups in total. The Morgan fingerprint density at radius 2 is 2.53 bits per heavy atom. The molecular formula is C12H18O2S. The summed E-state index contributed by atoms with van der Waals surface area (Å²) in [5.74, 6) is 0.346. The Kier molecular flexibility index (Phi) is 3.78. The van der Waals surface area contributed by atoms with Crippen LogP contribution in [0.1, 0.15) is 25.3 Å². The van der Waals surface area contributed by atoms with Crippen LogP contribution in [-0.4, -0.2) is 23.9 Å². The number of rotatable bonds is 4. The maximum Gasteiger partial charge on any atom is 0.0594 e. The second kappa shape index (κ2) is 5.10. The number of hydrogen-bond acceptors (Lipinski definition) is 3. The Balaban J connectivity index is 1.75. The van der Waals surface area contributed by atoms with Gasteiger partial charge in [-0.2, -0.15) is 11.3 Å². The third kappa shape index (κ3) is 3.03. The van der Waals surface area contributed by atoms with Crippen molar-refractivity contribution in [2.45, 2.75) is 38.4 Å². The van der Waals surface area contributed by atoms with Crippen LogP contribution in [0.5, 0.6) is 0 Å². The van der Waals surface area contributed by atoms with E-state index in [4.69, 9.17) is 4.74 Å². The van der Waals surface area contributed by atoms with Gasteiger partial charge in [0.1, 0.15) is 0 Å². The minimum absolute atomic E-state index is 0.199. The van der Waals surface area contributed by atoms with Gasteiger partial charge in [-0.25, -0.2) is 0 Å². The van der Waals surface area contributed by atoms with Crippen LogP contribution >= 0.6 is 11.3 Å². The second-order valence-electron chi connectivity index (χ2n) is 4.38. The van der Waals surface area contributed by atoms with Crippen molar-refractivity contribution >= 4 is 11.3 Å². The van der Waals surface area contributed by atoms with E-state index in [-0.39, 0.29) is 6.10 Å². The molecule has 1 aromatic heterocycles. The first-order valence-electron chi connectivity index (χ1n) is 5.56. The van der Waals surface area contributed by atoms with Gasteiger partial charge in [-0.15, -0.1) is 0 Å². The van der Waals surface area contributed by atoms with E-state index in [0.717, 1.165) is 25.9 Å². The van der Waals surface area contributed by atoms with Gasteiger partial charge in [0.25, 0.3) is 0 Å². The molecule has 0 spiro atoms. The molecule has 0 aliphatic carbocycles. The second-order valence-corrected chi connectivity index (χ2v) is 5.16. The van der Waals surface area contributed by atoms with Gasteiger partial charge in [0, 0.05) is 5.92 Å². The first-order chi connectivity index (χ1) is 7.25. The highest BCUT2D eigenvalue weighted by Gasteiger charge is 2.27. The summed E-state index contributed by atoms with van der Waals surface area (Å²) in [5, 5.41) is 14.2. The van der Waals surface area contributed by atoms with Crippen molar-refractivity contribution in [1.29, 1.82) is 0 Å². The molecule has 2 heterocycles. The van der Waals surface area contributed by atoms with E-state index in [1.807, 2.05) is 0 Å². The molecule has 1 saturated heterocycles. The molecule has 84 valence electrons. The third-order valence-corrected chi connectivity index (χ3v) is 3.81. The lowest BCUT2D eigenvalue weighted by molar-refractivity contribution is 0.0758. The number of thiophene rings is 1. The molecule has 2 nitrogen and oxygen atoms in total. The molecule has 0 bridgehead atoms. The van der Waals surface area contributed by atoms with Gasteiger partial charge in [0.15, 0.2) is 0 Å². The van der Waals surface area contributed by atoms with Gasteiger partial charge < -0.3 is 9.84 Å². The van der Waals surface area contributed by atoms with Gasteiger partial charge in [-0.3, -0.25) is 0 Å². The summed E-state index contributed by atoms with van der Waals surface area (Å²) < 4.78 is 5.47. The van der Waals surface area contributed by atoms with E-state index in [9.17, 15) is 5.11 Å². The Hall–Kier alpha value is -0.380. The lowest BCUT2D eigenvalue weighted by atomic mass is 9.95. The molecule has 3 unspecified atom stereocenters. The lowest BCUT2D eigenvalue weighted by Gasteiger charge is -2.15. The molecule has 1 fully saturated rings. The summed E-state index contributed by atoms with van der Waals surface area (Å²) in [7, 11) is 0. The molecule has 1 aliphatic heterocycles. The van der Waals surface area contributed by atoms with Gasteiger partial charge in [0.05, 0.1) is 18.8 Å². The Bertz CT molecular complexity index is 284. The molecule has 0 amide bonds. The summed E-state index contributed by atoms with van der Waals surface area (Å²) in [6.07, 6.45) is 2.97. The first-order valence-corrected chi connectivity index (χ1v) is 6.50. The Morgan fingerprint density at radius 3 is 3.13 bits per heavy atom. The predicted molar refractivity (Wildman–Crippen MR) is 62.2 cm³/mol. The minimum Gasteiger partial charge on any atom is -0.393 e. The van der Waals surface area contributed by atoms with E-state index in [1.54, 1.807) is 11.3 Å². The molecule has 3 atom stereocenters. The lowest BCUT2D eigenvalue weighted by Crippen LogP contribution is -2.21. The van der Waals surface area contributed by atoms with Crippen LogP contribution in [0, 0.1) is 5.92 Å². The molecule has 0 radical (unpaired) electrons. The quantitative estimate of drug-likeness (QED) is 0.854. The van der Waals surface area contributed by atoms with Crippen LogP contribution in [-0.2, 0) is 11.2 Å². The third-order valence-electron chi connectivity index (χ3n) is 3.08. The molecule has 3 heteroatoms. The van der Waals surface area contributed by atoms with Crippen molar-refractivity contribution < 1.29 is 9.84 Å². The van der Waals surface area contributed by atoms with Crippen molar-refractivity contribution in [1.82, 2.24) is 0 Å². The molecule has 2 rings (SSSR count). The fourth-order valence-corrected chi connectivity index (χ4v) is 2.81. The van der Waals surface area contributed by atoms with Gasteiger partial charge in [-0.1, -0.05) is 0 Å². The van der Waals surface area contributed by atoms with E-state index >= 15 is 0 Å². The average Bonchev–Trinajstić information content (AvgIpc) is 2.84. The summed E-state index contributed by atoms with van der Waals surface area (Å²) in [5.41, 5.74) is 1.34. The smallest absolute Gasteiger partial charge is 0.0594 e. The van der Waals surface area contributed by atoms with Gasteiger partial charge in [0.2, 0.25) is 0 Å². The van der Waals surface area contributed by atoms with Crippen molar-refractivity contribution in [3.05, 3.63) is 22.4 Å². The summed E-state index contributed by atoms with van der Waals surface area (Å²) in [6.45, 7) is 2.80. The van der Waals surface area contributed by atoms with Crippen molar-refractivity contribution in [3.63, 3.8) is 0 Å². The SMILES string of the molecule is CC1CC(C(O)CCc2ccsc2)CO1. The van der Waals surface area contributed by atoms with Crippen LogP contribution in [0.2, 0.25) is 0 Å². The van der Waals surface area contributed by atoms with Gasteiger partial charge in [-0.05, 0) is 48.6 Å². The maximum absolute atomic E-state index is 9.99. The number of aliphatic hydroxyl groups excluding tert-OH is 1. The van der Waals surface area contributed by atoms with Crippen LogP contribution in [0.15, 0.2) is 16.8 Å². The zero-order chi connectivity index (χ0) is 10.7. The number of aryl methyl sites for hydroxylation is 1. The number of ether oxygens (including phenoxy) is 1. The summed E-state index contributed by atoms with van der Waals surface area (Å²) >= 11 is 1.72. The fourth-order valence-electron chi connectivity index (χ4n) is 2.10. The largest absolute Gasteiger partial charge is 0.393 e. The van der Waals surface area contributed by atoms with Crippen molar-refractivity contribution in [3.8, 4) is 0 Å². The zero-order valence-corrected chi connectivity index (χ0v) is 9.87. The average molecular weight is 226 g/mol. The Labute approximate surface area is 94.9 Å². The topological polar surface area (TPSA) is 29.5 Å². The van der Waals surface area contributed by atoms with Crippen molar-refractivity contribution in [2.24, 2.45) is 5.92 Å². The number of hydrogen-bond donors (Lipinski definition) is 1. The van der Waals surface area contributed by atoms with E-state index < -0.39 is 0 Å². The summed E-state index contributed by atoms with van der Waals surface area (Å²) in [4.78, 5) is 0. The zero-order valence-electron chi connectivity index (χ0n) is 9.06. The monoisotopic (exact) mass is 226 g/mol. The van der Waals surface area contributed by atoms with E-state index in [2.05, 4.69) is 23.8 Å². The highest BCUT2D eigenvalue weighted by molar-refractivity contribution is 7.07. The molecule has 1 aliphatic rings. The maximum atomic E-state index is 9.99. The summed E-state index contributed by atoms with van der Waals surface area (Å²) in [6, 6.07) is 2.13. The molecule has 15 heavy (non-hydrogen) atoms. The van der Waals surface area contributed by atoms with Crippen molar-refractivity contribution in [2.75, 3.05) is 6.61 Å². The van der Waals surface area contributed by atoms with Crippen LogP contribution in [0.25, 0.3) is 0 Å². The van der Waals surface area contributed by atoms with Gasteiger partial charge >= 0.3 is 0 Å². The van der Waals surface area contributed by atoms with E-state index in [0.29, 0.717) is 12.0 Å². The molecule has 0 aromatic carbocycles. The fraction of sp³-hybridized carbons (Fsp3) is 0.667. The highest BCUT2D eigenvalue weighted by Crippen LogP contribution is 2.24. The standard InChI is InChI=1S/C12H18O2S/c1-9-6-11(7-14-9)12(13)3-2-10-4-5-15-8-10/h4-5,8-9,11-13H,2-3,6-7H2,1H3. The van der Waals surface area contributed by atoms with Crippen LogP contribution in [0.3, 0.4) is 0 Å². The molecular weight excluding hydrogens is 208 g/mol. The minimum atomic E-state index is -0.199. The number of aliphatic hydroxyl groups is 1. The highest BCUT2D eigenvalue weighted by atomic mass is 32.1. The normalized spacial score (nSPS) is 28.1. The van der Waals surface area contributed by atoms with Crippen LogP contribution in [0.4, 0.5) is 0 Å². The molecule has 1 aromatic rings. The predicted octanol–water partition coefficient (Wildman–Crippen LogP) is 2.47. The first kappa shape index (κ1) is 11.1. The molecule has 0 saturated carbocycles. The Morgan fingerprint density at radius 1 is 1.67 bits per heavy atom. The van der Waals surface area contributed by atoms with E-state index in [1.165, 1.54) is 5.56 Å².